The summed E-state index contributed by atoms with van der Waals surface area (Å²) in [4.78, 5) is 14.0. The van der Waals surface area contributed by atoms with Crippen LogP contribution >= 0.6 is 11.8 Å². The van der Waals surface area contributed by atoms with E-state index in [2.05, 4.69) is 17.4 Å². The minimum atomic E-state index is -3.64. The molecule has 0 unspecified atom stereocenters. The number of thioether (sulfide) groups is 1. The number of carbonyl (C=O) groups is 1. The average Bonchev–Trinajstić information content (AvgIpc) is 2.80. The Bertz CT molecular complexity index is 1240. The number of anilines is 1. The smallest absolute Gasteiger partial charge is 0.243 e. The van der Waals surface area contributed by atoms with E-state index >= 15 is 0 Å². The second-order valence-electron chi connectivity index (χ2n) is 7.76. The number of nitrogens with one attached hydrogen (secondary N) is 1. The van der Waals surface area contributed by atoms with Crippen molar-refractivity contribution in [3.8, 4) is 0 Å². The minimum absolute atomic E-state index is 0.179. The number of sulfonamides is 1. The van der Waals surface area contributed by atoms with E-state index in [1.807, 2.05) is 37.3 Å². The number of carbonyl (C=O) groups excluding carboxylic acids is 1. The van der Waals surface area contributed by atoms with Crippen molar-refractivity contribution in [3.63, 3.8) is 0 Å². The lowest BCUT2D eigenvalue weighted by Crippen LogP contribution is -2.40. The van der Waals surface area contributed by atoms with Gasteiger partial charge in [-0.05, 0) is 54.4 Å². The molecule has 168 valence electrons. The van der Waals surface area contributed by atoms with Crippen LogP contribution in [0.2, 0.25) is 0 Å². The Balaban J connectivity index is 1.48. The number of amides is 1. The number of hydrogen-bond acceptors (Lipinski definition) is 5. The molecular formula is C24H26N2O4S2. The van der Waals surface area contributed by atoms with E-state index in [-0.39, 0.29) is 16.1 Å². The van der Waals surface area contributed by atoms with Crippen molar-refractivity contribution in [2.75, 3.05) is 31.6 Å². The van der Waals surface area contributed by atoms with Crippen LogP contribution in [0.25, 0.3) is 10.8 Å². The molecule has 8 heteroatoms. The normalized spacial score (nSPS) is 16.1. The van der Waals surface area contributed by atoms with Crippen molar-refractivity contribution in [2.24, 2.45) is 0 Å². The van der Waals surface area contributed by atoms with Gasteiger partial charge in [0.15, 0.2) is 0 Å². The molecule has 1 aliphatic heterocycles. The Kier molecular flexibility index (Phi) is 6.85. The van der Waals surface area contributed by atoms with Crippen molar-refractivity contribution < 1.29 is 17.9 Å². The van der Waals surface area contributed by atoms with Gasteiger partial charge >= 0.3 is 0 Å². The van der Waals surface area contributed by atoms with E-state index in [1.54, 1.807) is 25.1 Å². The van der Waals surface area contributed by atoms with Crippen LogP contribution < -0.4 is 5.32 Å². The van der Waals surface area contributed by atoms with E-state index < -0.39 is 10.0 Å². The van der Waals surface area contributed by atoms with Gasteiger partial charge in [0, 0.05) is 23.7 Å². The van der Waals surface area contributed by atoms with Crippen LogP contribution in [0.5, 0.6) is 0 Å². The summed E-state index contributed by atoms with van der Waals surface area (Å²) in [5.74, 6) is -0.179. The maximum Gasteiger partial charge on any atom is 0.243 e. The Hall–Kier alpha value is -2.39. The summed E-state index contributed by atoms with van der Waals surface area (Å²) in [6.07, 6.45) is 0. The van der Waals surface area contributed by atoms with E-state index in [0.29, 0.717) is 37.6 Å². The molecule has 0 radical (unpaired) electrons. The first-order valence-corrected chi connectivity index (χ1v) is 12.8. The monoisotopic (exact) mass is 470 g/mol. The van der Waals surface area contributed by atoms with Gasteiger partial charge in [0.2, 0.25) is 15.9 Å². The van der Waals surface area contributed by atoms with Crippen molar-refractivity contribution in [1.82, 2.24) is 4.31 Å². The van der Waals surface area contributed by atoms with Gasteiger partial charge in [0.05, 0.1) is 23.4 Å². The number of aryl methyl sites for hydroxylation is 1. The molecule has 4 rings (SSSR count). The zero-order chi connectivity index (χ0) is 22.7. The van der Waals surface area contributed by atoms with Gasteiger partial charge in [-0.15, -0.1) is 11.8 Å². The molecule has 1 amide bonds. The Labute approximate surface area is 193 Å². The molecule has 6 nitrogen and oxygen atoms in total. The zero-order valence-corrected chi connectivity index (χ0v) is 19.7. The van der Waals surface area contributed by atoms with Gasteiger partial charge in [0.25, 0.3) is 0 Å². The van der Waals surface area contributed by atoms with Crippen molar-refractivity contribution >= 4 is 44.2 Å². The van der Waals surface area contributed by atoms with Gasteiger partial charge in [-0.3, -0.25) is 4.79 Å². The molecule has 1 aliphatic rings. The highest BCUT2D eigenvalue weighted by atomic mass is 32.2. The highest BCUT2D eigenvalue weighted by molar-refractivity contribution is 8.00. The second kappa shape index (κ2) is 9.62. The molecule has 0 aliphatic carbocycles. The lowest BCUT2D eigenvalue weighted by Gasteiger charge is -2.27. The van der Waals surface area contributed by atoms with Crippen LogP contribution in [0.3, 0.4) is 0 Å². The number of nitrogens with zero attached hydrogens (tertiary/aromatic N) is 1. The molecule has 0 bridgehead atoms. The lowest BCUT2D eigenvalue weighted by molar-refractivity contribution is -0.115. The maximum absolute atomic E-state index is 13.1. The van der Waals surface area contributed by atoms with Gasteiger partial charge < -0.3 is 10.1 Å². The highest BCUT2D eigenvalue weighted by Crippen LogP contribution is 2.29. The fourth-order valence-electron chi connectivity index (χ4n) is 3.62. The highest BCUT2D eigenvalue weighted by Gasteiger charge is 2.28. The standard InChI is InChI=1S/C24H26N2O4S2/c1-17-7-9-21(16-23(17)32(28,29)26-11-13-30-14-12-26)25-24(27)18(2)31-22-10-8-19-5-3-4-6-20(19)15-22/h3-10,15-16,18H,11-14H2,1-2H3,(H,25,27)/t18-/m1/s1. The number of fused-ring (bicyclic) bond motifs is 1. The number of ether oxygens (including phenoxy) is 1. The third-order valence-corrected chi connectivity index (χ3v) is 8.58. The number of hydrogen-bond donors (Lipinski definition) is 1. The van der Waals surface area contributed by atoms with Crippen LogP contribution in [-0.4, -0.2) is 50.2 Å². The van der Waals surface area contributed by atoms with Gasteiger partial charge in [0.1, 0.15) is 0 Å². The summed E-state index contributed by atoms with van der Waals surface area (Å²) in [6, 6.07) is 19.2. The quantitative estimate of drug-likeness (QED) is 0.544. The summed E-state index contributed by atoms with van der Waals surface area (Å²) >= 11 is 1.47. The largest absolute Gasteiger partial charge is 0.379 e. The number of rotatable bonds is 6. The first-order chi connectivity index (χ1) is 15.3. The first kappa shape index (κ1) is 22.8. The van der Waals surface area contributed by atoms with E-state index in [4.69, 9.17) is 4.74 Å². The Morgan fingerprint density at radius 3 is 2.50 bits per heavy atom. The van der Waals surface area contributed by atoms with E-state index in [0.717, 1.165) is 15.7 Å². The second-order valence-corrected chi connectivity index (χ2v) is 11.1. The van der Waals surface area contributed by atoms with Crippen LogP contribution in [0.4, 0.5) is 5.69 Å². The maximum atomic E-state index is 13.1. The fraction of sp³-hybridized carbons (Fsp3) is 0.292. The minimum Gasteiger partial charge on any atom is -0.379 e. The molecule has 0 saturated carbocycles. The Morgan fingerprint density at radius 2 is 1.75 bits per heavy atom. The van der Waals surface area contributed by atoms with Crippen molar-refractivity contribution in [2.45, 2.75) is 28.9 Å². The zero-order valence-electron chi connectivity index (χ0n) is 18.1. The number of benzene rings is 3. The average molecular weight is 471 g/mol. The van der Waals surface area contributed by atoms with Gasteiger partial charge in [-0.1, -0.05) is 36.4 Å². The summed E-state index contributed by atoms with van der Waals surface area (Å²) in [5, 5.41) is 4.81. The predicted molar refractivity (Wildman–Crippen MR) is 129 cm³/mol. The third kappa shape index (κ3) is 4.99. The SMILES string of the molecule is Cc1ccc(NC(=O)[C@@H](C)Sc2ccc3ccccc3c2)cc1S(=O)(=O)N1CCOCC1. The summed E-state index contributed by atoms with van der Waals surface area (Å²) < 4.78 is 32.9. The molecule has 0 aromatic heterocycles. The van der Waals surface area contributed by atoms with Gasteiger partial charge in [-0.25, -0.2) is 8.42 Å². The summed E-state index contributed by atoms with van der Waals surface area (Å²) in [7, 11) is -3.64. The third-order valence-electron chi connectivity index (χ3n) is 5.45. The Morgan fingerprint density at radius 1 is 1.03 bits per heavy atom. The molecule has 32 heavy (non-hydrogen) atoms. The molecule has 1 saturated heterocycles. The molecule has 3 aromatic rings. The molecule has 1 fully saturated rings. The number of morpholine rings is 1. The summed E-state index contributed by atoms with van der Waals surface area (Å²) in [6.45, 7) is 5.04. The molecule has 1 N–H and O–H groups in total. The fourth-order valence-corrected chi connectivity index (χ4v) is 6.20. The van der Waals surface area contributed by atoms with E-state index in [1.165, 1.54) is 16.1 Å². The van der Waals surface area contributed by atoms with Crippen LogP contribution in [0, 0.1) is 6.92 Å². The topological polar surface area (TPSA) is 75.7 Å². The first-order valence-electron chi connectivity index (χ1n) is 10.5. The van der Waals surface area contributed by atoms with Gasteiger partial charge in [-0.2, -0.15) is 4.31 Å². The van der Waals surface area contributed by atoms with Crippen LogP contribution in [-0.2, 0) is 19.6 Å². The molecule has 1 atom stereocenters. The molecule has 3 aromatic carbocycles. The lowest BCUT2D eigenvalue weighted by atomic mass is 10.1. The summed E-state index contributed by atoms with van der Waals surface area (Å²) in [5.41, 5.74) is 1.12. The van der Waals surface area contributed by atoms with Crippen molar-refractivity contribution in [3.05, 3.63) is 66.2 Å². The molecular weight excluding hydrogens is 444 g/mol. The molecule has 1 heterocycles. The van der Waals surface area contributed by atoms with Crippen LogP contribution in [0.1, 0.15) is 12.5 Å². The predicted octanol–water partition coefficient (Wildman–Crippen LogP) is 4.29. The van der Waals surface area contributed by atoms with E-state index in [9.17, 15) is 13.2 Å². The molecule has 0 spiro atoms. The van der Waals surface area contributed by atoms with Crippen molar-refractivity contribution in [1.29, 1.82) is 0 Å². The van der Waals surface area contributed by atoms with Crippen LogP contribution in [0.15, 0.2) is 70.5 Å².